The maximum Gasteiger partial charge on any atom is 0.0691 e. The van der Waals surface area contributed by atoms with E-state index in [-0.39, 0.29) is 0 Å². The van der Waals surface area contributed by atoms with Crippen LogP contribution in [0.3, 0.4) is 0 Å². The zero-order valence-electron chi connectivity index (χ0n) is 5.19. The molecule has 8 heavy (non-hydrogen) atoms. The van der Waals surface area contributed by atoms with Crippen LogP contribution >= 0.6 is 22.6 Å². The number of rotatable bonds is 3. The Kier molecular flexibility index (Phi) is 5.26. The largest absolute Gasteiger partial charge is 0.393 e. The fraction of sp³-hybridized carbons (Fsp3) is 0.600. The van der Waals surface area contributed by atoms with Gasteiger partial charge in [0.1, 0.15) is 0 Å². The van der Waals surface area contributed by atoms with Crippen molar-refractivity contribution in [2.75, 3.05) is 18.6 Å². The standard InChI is InChI=1S/C5H11IN2/c1-7-3-4-8(2)5-6/h3-4,7H,5H2,1-2H3/b4-3-. The summed E-state index contributed by atoms with van der Waals surface area (Å²) in [6.45, 7) is 0. The van der Waals surface area contributed by atoms with Crippen LogP contribution in [0, 0.1) is 0 Å². The third-order valence-corrected chi connectivity index (χ3v) is 1.76. The first-order valence-electron chi connectivity index (χ1n) is 2.41. The van der Waals surface area contributed by atoms with Gasteiger partial charge in [0.2, 0.25) is 0 Å². The predicted molar refractivity (Wildman–Crippen MR) is 44.8 cm³/mol. The summed E-state index contributed by atoms with van der Waals surface area (Å²) in [5, 5.41) is 2.91. The molecule has 0 aromatic rings. The van der Waals surface area contributed by atoms with Crippen LogP contribution in [0.4, 0.5) is 0 Å². The first kappa shape index (κ1) is 8.07. The molecule has 0 bridgehead atoms. The van der Waals surface area contributed by atoms with Crippen molar-refractivity contribution < 1.29 is 0 Å². The van der Waals surface area contributed by atoms with Gasteiger partial charge in [0.05, 0.1) is 4.55 Å². The fourth-order valence-corrected chi connectivity index (χ4v) is 0.469. The molecule has 0 fully saturated rings. The molecule has 0 aliphatic heterocycles. The quantitative estimate of drug-likeness (QED) is 0.438. The molecule has 3 heteroatoms. The lowest BCUT2D eigenvalue weighted by Crippen LogP contribution is -2.08. The summed E-state index contributed by atoms with van der Waals surface area (Å²) in [6.07, 6.45) is 3.89. The molecular formula is C5H11IN2. The Morgan fingerprint density at radius 3 is 2.75 bits per heavy atom. The van der Waals surface area contributed by atoms with Gasteiger partial charge in [-0.3, -0.25) is 0 Å². The van der Waals surface area contributed by atoms with Crippen LogP contribution < -0.4 is 5.32 Å². The van der Waals surface area contributed by atoms with E-state index in [2.05, 4.69) is 32.8 Å². The second-order valence-electron chi connectivity index (χ2n) is 1.48. The average molecular weight is 226 g/mol. The molecule has 0 aliphatic carbocycles. The first-order valence-corrected chi connectivity index (χ1v) is 3.94. The van der Waals surface area contributed by atoms with Gasteiger partial charge >= 0.3 is 0 Å². The van der Waals surface area contributed by atoms with E-state index in [1.807, 2.05) is 26.5 Å². The Hall–Kier alpha value is 0.0700. The van der Waals surface area contributed by atoms with Crippen LogP contribution in [0.2, 0.25) is 0 Å². The van der Waals surface area contributed by atoms with Gasteiger partial charge in [-0.25, -0.2) is 0 Å². The summed E-state index contributed by atoms with van der Waals surface area (Å²) < 4.78 is 1.02. The molecule has 0 saturated heterocycles. The Morgan fingerprint density at radius 2 is 2.38 bits per heavy atom. The van der Waals surface area contributed by atoms with Crippen LogP contribution in [0.1, 0.15) is 0 Å². The summed E-state index contributed by atoms with van der Waals surface area (Å²) in [4.78, 5) is 2.08. The van der Waals surface area contributed by atoms with E-state index in [0.29, 0.717) is 0 Å². The second kappa shape index (κ2) is 5.21. The van der Waals surface area contributed by atoms with E-state index in [4.69, 9.17) is 0 Å². The summed E-state index contributed by atoms with van der Waals surface area (Å²) >= 11 is 2.30. The minimum atomic E-state index is 1.02. The van der Waals surface area contributed by atoms with E-state index < -0.39 is 0 Å². The molecule has 0 spiro atoms. The van der Waals surface area contributed by atoms with Crippen molar-refractivity contribution in [3.63, 3.8) is 0 Å². The Morgan fingerprint density at radius 1 is 1.75 bits per heavy atom. The van der Waals surface area contributed by atoms with E-state index in [1.54, 1.807) is 0 Å². The van der Waals surface area contributed by atoms with Crippen LogP contribution in [-0.4, -0.2) is 23.5 Å². The lowest BCUT2D eigenvalue weighted by Gasteiger charge is -2.06. The first-order chi connectivity index (χ1) is 3.81. The topological polar surface area (TPSA) is 15.3 Å². The number of nitrogens with zero attached hydrogens (tertiary/aromatic N) is 1. The van der Waals surface area contributed by atoms with E-state index in [1.165, 1.54) is 0 Å². The smallest absolute Gasteiger partial charge is 0.0691 e. The van der Waals surface area contributed by atoms with Crippen LogP contribution in [0.5, 0.6) is 0 Å². The summed E-state index contributed by atoms with van der Waals surface area (Å²) in [6, 6.07) is 0. The van der Waals surface area contributed by atoms with Gasteiger partial charge in [-0.1, -0.05) is 22.6 Å². The molecule has 2 nitrogen and oxygen atoms in total. The normalized spacial score (nSPS) is 9.88. The Balaban J connectivity index is 3.21. The highest BCUT2D eigenvalue weighted by Crippen LogP contribution is 1.87. The molecule has 0 heterocycles. The highest BCUT2D eigenvalue weighted by atomic mass is 127. The van der Waals surface area contributed by atoms with Crippen molar-refractivity contribution in [3.8, 4) is 0 Å². The molecule has 0 aromatic heterocycles. The van der Waals surface area contributed by atoms with Gasteiger partial charge in [-0.15, -0.1) is 0 Å². The molecule has 0 radical (unpaired) electrons. The zero-order valence-corrected chi connectivity index (χ0v) is 7.34. The zero-order chi connectivity index (χ0) is 6.41. The van der Waals surface area contributed by atoms with Crippen molar-refractivity contribution >= 4 is 22.6 Å². The van der Waals surface area contributed by atoms with Gasteiger partial charge < -0.3 is 10.2 Å². The van der Waals surface area contributed by atoms with Crippen LogP contribution in [-0.2, 0) is 0 Å². The molecule has 0 atom stereocenters. The minimum absolute atomic E-state index is 1.02. The molecule has 0 aromatic carbocycles. The maximum absolute atomic E-state index is 2.91. The van der Waals surface area contributed by atoms with Gasteiger partial charge in [0.25, 0.3) is 0 Å². The van der Waals surface area contributed by atoms with Gasteiger partial charge in [-0.05, 0) is 0 Å². The van der Waals surface area contributed by atoms with Gasteiger partial charge in [-0.2, -0.15) is 0 Å². The van der Waals surface area contributed by atoms with E-state index in [9.17, 15) is 0 Å². The number of hydrogen-bond donors (Lipinski definition) is 1. The van der Waals surface area contributed by atoms with Crippen molar-refractivity contribution in [2.45, 2.75) is 0 Å². The SMILES string of the molecule is CN/C=C\N(C)CI. The maximum atomic E-state index is 2.91. The lowest BCUT2D eigenvalue weighted by atomic mass is 10.8. The average Bonchev–Trinajstić information content (AvgIpc) is 1.83. The molecule has 0 unspecified atom stereocenters. The highest BCUT2D eigenvalue weighted by molar-refractivity contribution is 14.1. The number of halogens is 1. The highest BCUT2D eigenvalue weighted by Gasteiger charge is 1.79. The van der Waals surface area contributed by atoms with Crippen LogP contribution in [0.25, 0.3) is 0 Å². The fourth-order valence-electron chi connectivity index (χ4n) is 0.242. The summed E-state index contributed by atoms with van der Waals surface area (Å²) in [5.41, 5.74) is 0. The van der Waals surface area contributed by atoms with Crippen molar-refractivity contribution in [1.29, 1.82) is 0 Å². The molecule has 48 valence electrons. The monoisotopic (exact) mass is 226 g/mol. The van der Waals surface area contributed by atoms with Crippen molar-refractivity contribution in [2.24, 2.45) is 0 Å². The Labute approximate surface area is 64.1 Å². The van der Waals surface area contributed by atoms with Gasteiger partial charge in [0.15, 0.2) is 0 Å². The Bertz CT molecular complexity index is 72.8. The van der Waals surface area contributed by atoms with Crippen molar-refractivity contribution in [3.05, 3.63) is 12.4 Å². The lowest BCUT2D eigenvalue weighted by molar-refractivity contribution is 0.550. The van der Waals surface area contributed by atoms with E-state index >= 15 is 0 Å². The van der Waals surface area contributed by atoms with Gasteiger partial charge in [0, 0.05) is 26.5 Å². The van der Waals surface area contributed by atoms with Crippen molar-refractivity contribution in [1.82, 2.24) is 10.2 Å². The second-order valence-corrected chi connectivity index (χ2v) is 2.16. The number of alkyl halides is 1. The minimum Gasteiger partial charge on any atom is -0.393 e. The predicted octanol–water partition coefficient (Wildman–Crippen LogP) is 1.00. The number of hydrogen-bond acceptors (Lipinski definition) is 2. The van der Waals surface area contributed by atoms with Crippen LogP contribution in [0.15, 0.2) is 12.4 Å². The molecular weight excluding hydrogens is 215 g/mol. The molecule has 0 amide bonds. The summed E-state index contributed by atoms with van der Waals surface area (Å²) in [5.74, 6) is 0. The third kappa shape index (κ3) is 4.23. The molecule has 0 rings (SSSR count). The van der Waals surface area contributed by atoms with E-state index in [0.717, 1.165) is 4.55 Å². The molecule has 0 aliphatic rings. The number of nitrogens with one attached hydrogen (secondary N) is 1. The molecule has 0 saturated carbocycles. The molecule has 1 N–H and O–H groups in total. The third-order valence-electron chi connectivity index (χ3n) is 0.684. The summed E-state index contributed by atoms with van der Waals surface area (Å²) in [7, 11) is 3.91.